The minimum absolute atomic E-state index is 0.0370. The molecule has 2 fully saturated rings. The molecule has 0 bridgehead atoms. The average molecular weight is 351 g/mol. The molecule has 3 rings (SSSR count). The van der Waals surface area contributed by atoms with Crippen LogP contribution in [0.2, 0.25) is 0 Å². The molecule has 0 radical (unpaired) electrons. The summed E-state index contributed by atoms with van der Waals surface area (Å²) in [6.45, 7) is 5.35. The highest BCUT2D eigenvalue weighted by Crippen LogP contribution is 2.59. The van der Waals surface area contributed by atoms with Crippen molar-refractivity contribution in [2.45, 2.75) is 33.2 Å². The summed E-state index contributed by atoms with van der Waals surface area (Å²) in [5.41, 5.74) is 0.882. The molecule has 1 N–H and O–H groups in total. The number of aromatic nitrogens is 1. The molecule has 2 heterocycles. The van der Waals surface area contributed by atoms with Crippen LogP contribution >= 0.6 is 0 Å². The quantitative estimate of drug-likeness (QED) is 0.840. The van der Waals surface area contributed by atoms with E-state index < -0.39 is 10.0 Å². The molecule has 2 aliphatic rings. The van der Waals surface area contributed by atoms with Crippen LogP contribution in [-0.4, -0.2) is 42.5 Å². The van der Waals surface area contributed by atoms with Gasteiger partial charge in [-0.3, -0.25) is 9.78 Å². The monoisotopic (exact) mass is 351 g/mol. The van der Waals surface area contributed by atoms with Crippen molar-refractivity contribution in [2.24, 2.45) is 17.3 Å². The second kappa shape index (κ2) is 6.44. The summed E-state index contributed by atoms with van der Waals surface area (Å²) >= 11 is 0. The van der Waals surface area contributed by atoms with Crippen LogP contribution in [0, 0.1) is 17.3 Å². The van der Waals surface area contributed by atoms with Gasteiger partial charge in [-0.25, -0.2) is 12.7 Å². The number of amides is 1. The number of rotatable bonds is 6. The second-order valence-corrected chi connectivity index (χ2v) is 9.46. The number of sulfonamides is 1. The molecule has 1 aliphatic carbocycles. The zero-order chi connectivity index (χ0) is 17.4. The third-order valence-corrected chi connectivity index (χ3v) is 7.20. The van der Waals surface area contributed by atoms with E-state index in [0.717, 1.165) is 18.4 Å². The van der Waals surface area contributed by atoms with Gasteiger partial charge in [0.2, 0.25) is 15.9 Å². The van der Waals surface area contributed by atoms with Crippen molar-refractivity contribution in [2.75, 3.05) is 18.8 Å². The number of nitrogens with zero attached hydrogens (tertiary/aromatic N) is 2. The Hall–Kier alpha value is -1.47. The van der Waals surface area contributed by atoms with Crippen LogP contribution in [0.5, 0.6) is 0 Å². The summed E-state index contributed by atoms with van der Waals surface area (Å²) in [5, 5.41) is 2.96. The molecule has 132 valence electrons. The fourth-order valence-electron chi connectivity index (χ4n) is 3.60. The minimum Gasteiger partial charge on any atom is -0.352 e. The molecule has 1 aromatic heterocycles. The smallest absolute Gasteiger partial charge is 0.224 e. The van der Waals surface area contributed by atoms with Gasteiger partial charge in [-0.05, 0) is 41.9 Å². The van der Waals surface area contributed by atoms with Crippen LogP contribution in [0.4, 0.5) is 0 Å². The Morgan fingerprint density at radius 1 is 1.42 bits per heavy atom. The van der Waals surface area contributed by atoms with Gasteiger partial charge in [0.25, 0.3) is 0 Å². The van der Waals surface area contributed by atoms with Gasteiger partial charge in [-0.2, -0.15) is 0 Å². The van der Waals surface area contributed by atoms with Crippen LogP contribution in [0.25, 0.3) is 0 Å². The van der Waals surface area contributed by atoms with Crippen molar-refractivity contribution >= 4 is 15.9 Å². The Morgan fingerprint density at radius 2 is 2.12 bits per heavy atom. The van der Waals surface area contributed by atoms with Crippen LogP contribution < -0.4 is 5.32 Å². The molecule has 2 atom stereocenters. The standard InChI is InChI=1S/C17H25N3O3S/c1-13(2)11-24(22,23)20-8-5-17(12-20)9-15(17)16(21)19-10-14-3-6-18-7-4-14/h3-4,6-7,13,15H,5,8-12H2,1-2H3,(H,19,21)/t15-,17-/m0/s1. The predicted molar refractivity (Wildman–Crippen MR) is 91.4 cm³/mol. The van der Waals surface area contributed by atoms with E-state index in [1.54, 1.807) is 16.7 Å². The maximum absolute atomic E-state index is 12.4. The summed E-state index contributed by atoms with van der Waals surface area (Å²) in [4.78, 5) is 16.3. The van der Waals surface area contributed by atoms with E-state index in [2.05, 4.69) is 10.3 Å². The molecule has 1 spiro atoms. The largest absolute Gasteiger partial charge is 0.352 e. The molecule has 6 nitrogen and oxygen atoms in total. The number of carbonyl (C=O) groups is 1. The van der Waals surface area contributed by atoms with E-state index >= 15 is 0 Å². The molecule has 0 unspecified atom stereocenters. The second-order valence-electron chi connectivity index (χ2n) is 7.45. The zero-order valence-corrected chi connectivity index (χ0v) is 15.1. The molecule has 0 aromatic carbocycles. The summed E-state index contributed by atoms with van der Waals surface area (Å²) in [6, 6.07) is 3.75. The first kappa shape index (κ1) is 17.4. The topological polar surface area (TPSA) is 79.4 Å². The fourth-order valence-corrected chi connectivity index (χ4v) is 5.48. The Labute approximate surface area is 143 Å². The first-order valence-electron chi connectivity index (χ1n) is 8.47. The number of carbonyl (C=O) groups excluding carboxylic acids is 1. The highest BCUT2D eigenvalue weighted by Gasteiger charge is 2.61. The fraction of sp³-hybridized carbons (Fsp3) is 0.647. The lowest BCUT2D eigenvalue weighted by atomic mass is 10.0. The Bertz CT molecular complexity index is 705. The van der Waals surface area contributed by atoms with E-state index in [9.17, 15) is 13.2 Å². The summed E-state index contributed by atoms with van der Waals surface area (Å²) < 4.78 is 26.3. The van der Waals surface area contributed by atoms with Crippen molar-refractivity contribution in [1.29, 1.82) is 0 Å². The number of hydrogen-bond donors (Lipinski definition) is 1. The van der Waals surface area contributed by atoms with Crippen molar-refractivity contribution in [3.63, 3.8) is 0 Å². The molecule has 1 saturated carbocycles. The highest BCUT2D eigenvalue weighted by atomic mass is 32.2. The molecular weight excluding hydrogens is 326 g/mol. The number of nitrogens with one attached hydrogen (secondary N) is 1. The van der Waals surface area contributed by atoms with E-state index in [1.807, 2.05) is 26.0 Å². The van der Waals surface area contributed by atoms with Crippen molar-refractivity contribution < 1.29 is 13.2 Å². The summed E-state index contributed by atoms with van der Waals surface area (Å²) in [6.07, 6.45) is 4.99. The predicted octanol–water partition coefficient (Wildman–Crippen LogP) is 1.40. The average Bonchev–Trinajstić information content (AvgIpc) is 3.04. The van der Waals surface area contributed by atoms with Crippen LogP contribution in [0.3, 0.4) is 0 Å². The van der Waals surface area contributed by atoms with Gasteiger partial charge in [-0.15, -0.1) is 0 Å². The lowest BCUT2D eigenvalue weighted by Crippen LogP contribution is -2.33. The van der Waals surface area contributed by atoms with E-state index in [4.69, 9.17) is 0 Å². The van der Waals surface area contributed by atoms with Crippen molar-refractivity contribution in [3.8, 4) is 0 Å². The Balaban J connectivity index is 1.54. The van der Waals surface area contributed by atoms with Gasteiger partial charge in [-0.1, -0.05) is 13.8 Å². The lowest BCUT2D eigenvalue weighted by molar-refractivity contribution is -0.123. The Kier molecular flexibility index (Phi) is 4.66. The minimum atomic E-state index is -3.20. The molecule has 1 amide bonds. The number of hydrogen-bond acceptors (Lipinski definition) is 4. The molecule has 7 heteroatoms. The molecule has 1 aliphatic heterocycles. The van der Waals surface area contributed by atoms with Gasteiger partial charge in [0, 0.05) is 37.9 Å². The Morgan fingerprint density at radius 3 is 2.79 bits per heavy atom. The number of pyridine rings is 1. The summed E-state index contributed by atoms with van der Waals surface area (Å²) in [5.74, 6) is 0.279. The van der Waals surface area contributed by atoms with Crippen molar-refractivity contribution in [1.82, 2.24) is 14.6 Å². The first-order chi connectivity index (χ1) is 11.3. The zero-order valence-electron chi connectivity index (χ0n) is 14.2. The maximum atomic E-state index is 12.4. The van der Waals surface area contributed by atoms with Crippen molar-refractivity contribution in [3.05, 3.63) is 30.1 Å². The molecule has 1 aromatic rings. The van der Waals surface area contributed by atoms with Crippen LogP contribution in [-0.2, 0) is 21.4 Å². The first-order valence-corrected chi connectivity index (χ1v) is 10.1. The van der Waals surface area contributed by atoms with E-state index in [-0.39, 0.29) is 28.9 Å². The van der Waals surface area contributed by atoms with Crippen LogP contribution in [0.15, 0.2) is 24.5 Å². The van der Waals surface area contributed by atoms with Gasteiger partial charge < -0.3 is 5.32 Å². The molecular formula is C17H25N3O3S. The van der Waals surface area contributed by atoms with Crippen LogP contribution in [0.1, 0.15) is 32.3 Å². The lowest BCUT2D eigenvalue weighted by Gasteiger charge is -2.18. The summed E-state index contributed by atoms with van der Waals surface area (Å²) in [7, 11) is -3.20. The van der Waals surface area contributed by atoms with Gasteiger partial charge in [0.1, 0.15) is 0 Å². The maximum Gasteiger partial charge on any atom is 0.224 e. The third kappa shape index (κ3) is 3.62. The van der Waals surface area contributed by atoms with Gasteiger partial charge >= 0.3 is 0 Å². The normalized spacial score (nSPS) is 26.9. The SMILES string of the molecule is CC(C)CS(=O)(=O)N1CC[C@]2(C[C@H]2C(=O)NCc2ccncc2)C1. The molecule has 24 heavy (non-hydrogen) atoms. The van der Waals surface area contributed by atoms with Gasteiger partial charge in [0.15, 0.2) is 0 Å². The third-order valence-electron chi connectivity index (χ3n) is 5.01. The van der Waals surface area contributed by atoms with E-state index in [1.165, 1.54) is 0 Å². The van der Waals surface area contributed by atoms with Gasteiger partial charge in [0.05, 0.1) is 5.75 Å². The molecule has 1 saturated heterocycles. The van der Waals surface area contributed by atoms with E-state index in [0.29, 0.717) is 19.6 Å². The highest BCUT2D eigenvalue weighted by molar-refractivity contribution is 7.89.